The van der Waals surface area contributed by atoms with Gasteiger partial charge in [-0.15, -0.1) is 0 Å². The van der Waals surface area contributed by atoms with Gasteiger partial charge in [-0.1, -0.05) is 0 Å². The van der Waals surface area contributed by atoms with E-state index in [4.69, 9.17) is 0 Å². The van der Waals surface area contributed by atoms with Gasteiger partial charge in [0.05, 0.1) is 0 Å². The topological polar surface area (TPSA) is 52.6 Å². The van der Waals surface area contributed by atoms with Gasteiger partial charge in [0.15, 0.2) is 5.41 Å². The Morgan fingerprint density at radius 3 is 2.09 bits per heavy atom. The third-order valence-electron chi connectivity index (χ3n) is 2.43. The van der Waals surface area contributed by atoms with Crippen LogP contribution in [-0.2, 0) is 19.4 Å². The Morgan fingerprint density at radius 1 is 1.27 bits per heavy atom. The van der Waals surface area contributed by atoms with Crippen LogP contribution >= 0.6 is 0 Å². The Bertz CT molecular complexity index is 213. The zero-order valence-electron chi connectivity index (χ0n) is 6.12. The molecule has 2 aliphatic rings. The maximum Gasteiger partial charge on any atom is 0.372 e. The van der Waals surface area contributed by atoms with E-state index in [1.165, 1.54) is 0 Å². The fourth-order valence-corrected chi connectivity index (χ4v) is 1.33. The van der Waals surface area contributed by atoms with Crippen molar-refractivity contribution in [2.75, 3.05) is 0 Å². The van der Waals surface area contributed by atoms with Gasteiger partial charge in [0, 0.05) is 0 Å². The first kappa shape index (κ1) is 6.64. The summed E-state index contributed by atoms with van der Waals surface area (Å²) in [4.78, 5) is 30.4. The first-order valence-electron chi connectivity index (χ1n) is 3.59. The van der Waals surface area contributed by atoms with Gasteiger partial charge in [-0.2, -0.15) is 0 Å². The Hall–Kier alpha value is -1.06. The molecule has 0 unspecified atom stereocenters. The molecule has 0 aromatic carbocycles. The first-order valence-corrected chi connectivity index (χ1v) is 3.59. The average molecular weight is 156 g/mol. The highest BCUT2D eigenvalue weighted by Crippen LogP contribution is 2.49. The number of carbonyl (C=O) groups excluding carboxylic acids is 2. The largest absolute Gasteiger partial charge is 0.372 e. The minimum Gasteiger partial charge on any atom is -0.246 e. The molecule has 1 aliphatic heterocycles. The summed E-state index contributed by atoms with van der Waals surface area (Å²) in [6.45, 7) is 1.59. The van der Waals surface area contributed by atoms with E-state index in [-0.39, 0.29) is 5.92 Å². The van der Waals surface area contributed by atoms with Crippen LogP contribution in [0, 0.1) is 11.3 Å². The van der Waals surface area contributed by atoms with Crippen molar-refractivity contribution < 1.29 is 19.4 Å². The lowest BCUT2D eigenvalue weighted by Crippen LogP contribution is -2.31. The summed E-state index contributed by atoms with van der Waals surface area (Å²) in [5.41, 5.74) is -1.00. The van der Waals surface area contributed by atoms with Gasteiger partial charge in [-0.3, -0.25) is 0 Å². The van der Waals surface area contributed by atoms with Crippen molar-refractivity contribution in [2.45, 2.75) is 19.8 Å². The van der Waals surface area contributed by atoms with Crippen LogP contribution in [0.3, 0.4) is 0 Å². The normalized spacial score (nSPS) is 28.1. The molecular weight excluding hydrogens is 148 g/mol. The number of carbonyl (C=O) groups is 2. The van der Waals surface area contributed by atoms with Gasteiger partial charge in [0.1, 0.15) is 0 Å². The van der Waals surface area contributed by atoms with Gasteiger partial charge in [-0.25, -0.2) is 19.4 Å². The molecule has 0 spiro atoms. The molecule has 1 saturated carbocycles. The molecule has 60 valence electrons. The van der Waals surface area contributed by atoms with E-state index in [1.807, 2.05) is 0 Å². The fraction of sp³-hybridized carbons (Fsp3) is 0.714. The molecule has 2 fully saturated rings. The van der Waals surface area contributed by atoms with Crippen molar-refractivity contribution in [1.29, 1.82) is 0 Å². The molecule has 1 aliphatic carbocycles. The van der Waals surface area contributed by atoms with Crippen LogP contribution in [0.15, 0.2) is 0 Å². The predicted octanol–water partition coefficient (Wildman–Crippen LogP) is 0.418. The molecule has 4 nitrogen and oxygen atoms in total. The third kappa shape index (κ3) is 0.692. The summed E-state index contributed by atoms with van der Waals surface area (Å²) in [6, 6.07) is 0. The maximum absolute atomic E-state index is 11.0. The zero-order chi connectivity index (χ0) is 8.06. The Labute approximate surface area is 63.4 Å². The summed E-state index contributed by atoms with van der Waals surface area (Å²) >= 11 is 0. The quantitative estimate of drug-likeness (QED) is 0.407. The maximum atomic E-state index is 11.0. The SMILES string of the molecule is CC1(C2CC2)C(=O)OOC1=O. The van der Waals surface area contributed by atoms with E-state index < -0.39 is 17.4 Å². The van der Waals surface area contributed by atoms with E-state index in [1.54, 1.807) is 6.92 Å². The van der Waals surface area contributed by atoms with E-state index in [2.05, 4.69) is 9.78 Å². The molecule has 0 amide bonds. The van der Waals surface area contributed by atoms with E-state index in [9.17, 15) is 9.59 Å². The van der Waals surface area contributed by atoms with Crippen LogP contribution in [0.2, 0.25) is 0 Å². The molecule has 11 heavy (non-hydrogen) atoms. The summed E-state index contributed by atoms with van der Waals surface area (Å²) in [5, 5.41) is 0. The lowest BCUT2D eigenvalue weighted by Gasteiger charge is -2.09. The van der Waals surface area contributed by atoms with Crippen LogP contribution < -0.4 is 0 Å². The molecule has 1 saturated heterocycles. The third-order valence-corrected chi connectivity index (χ3v) is 2.43. The second kappa shape index (κ2) is 1.75. The highest BCUT2D eigenvalue weighted by Gasteiger charge is 2.60. The van der Waals surface area contributed by atoms with Crippen molar-refractivity contribution in [3.63, 3.8) is 0 Å². The molecular formula is C7H8O4. The van der Waals surface area contributed by atoms with Gasteiger partial charge in [0.2, 0.25) is 0 Å². The van der Waals surface area contributed by atoms with Crippen molar-refractivity contribution in [3.8, 4) is 0 Å². The Kier molecular flexibility index (Phi) is 1.06. The van der Waals surface area contributed by atoms with E-state index >= 15 is 0 Å². The highest BCUT2D eigenvalue weighted by atomic mass is 17.2. The van der Waals surface area contributed by atoms with Crippen molar-refractivity contribution in [2.24, 2.45) is 11.3 Å². The Balaban J connectivity index is 2.32. The summed E-state index contributed by atoms with van der Waals surface area (Å²) < 4.78 is 0. The fourth-order valence-electron chi connectivity index (χ4n) is 1.33. The number of hydrogen-bond donors (Lipinski definition) is 0. The minimum atomic E-state index is -1.00. The van der Waals surface area contributed by atoms with Crippen molar-refractivity contribution in [1.82, 2.24) is 0 Å². The zero-order valence-corrected chi connectivity index (χ0v) is 6.12. The van der Waals surface area contributed by atoms with Crippen LogP contribution in [0.1, 0.15) is 19.8 Å². The van der Waals surface area contributed by atoms with Crippen molar-refractivity contribution in [3.05, 3.63) is 0 Å². The van der Waals surface area contributed by atoms with Crippen molar-refractivity contribution >= 4 is 11.9 Å². The monoisotopic (exact) mass is 156 g/mol. The van der Waals surface area contributed by atoms with Gasteiger partial charge < -0.3 is 0 Å². The van der Waals surface area contributed by atoms with E-state index in [0.717, 1.165) is 12.8 Å². The molecule has 0 atom stereocenters. The standard InChI is InChI=1S/C7H8O4/c1-7(4-2-3-4)5(8)10-11-6(7)9/h4H,2-3H2,1H3. The van der Waals surface area contributed by atoms with Crippen LogP contribution in [-0.4, -0.2) is 11.9 Å². The van der Waals surface area contributed by atoms with Gasteiger partial charge >= 0.3 is 11.9 Å². The summed E-state index contributed by atoms with van der Waals surface area (Å²) in [6.07, 6.45) is 1.83. The number of rotatable bonds is 1. The van der Waals surface area contributed by atoms with E-state index in [0.29, 0.717) is 0 Å². The second-order valence-corrected chi connectivity index (χ2v) is 3.22. The second-order valence-electron chi connectivity index (χ2n) is 3.22. The first-order chi connectivity index (χ1) is 5.15. The predicted molar refractivity (Wildman–Crippen MR) is 33.0 cm³/mol. The van der Waals surface area contributed by atoms with Gasteiger partial charge in [0.25, 0.3) is 0 Å². The lowest BCUT2D eigenvalue weighted by atomic mass is 9.86. The molecule has 0 aromatic heterocycles. The van der Waals surface area contributed by atoms with Crippen LogP contribution in [0.25, 0.3) is 0 Å². The molecule has 0 bridgehead atoms. The van der Waals surface area contributed by atoms with Crippen LogP contribution in [0.4, 0.5) is 0 Å². The van der Waals surface area contributed by atoms with Crippen LogP contribution in [0.5, 0.6) is 0 Å². The molecule has 2 rings (SSSR count). The molecule has 0 radical (unpaired) electrons. The summed E-state index contributed by atoms with van der Waals surface area (Å²) in [5.74, 6) is -0.931. The Morgan fingerprint density at radius 2 is 1.73 bits per heavy atom. The molecule has 4 heteroatoms. The minimum absolute atomic E-state index is 0.144. The average Bonchev–Trinajstić information content (AvgIpc) is 2.76. The van der Waals surface area contributed by atoms with Gasteiger partial charge in [-0.05, 0) is 25.7 Å². The lowest BCUT2D eigenvalue weighted by molar-refractivity contribution is -0.235. The highest BCUT2D eigenvalue weighted by molar-refractivity contribution is 6.03. The molecule has 1 heterocycles. The summed E-state index contributed by atoms with van der Waals surface area (Å²) in [7, 11) is 0. The smallest absolute Gasteiger partial charge is 0.246 e. The molecule has 0 N–H and O–H groups in total. The molecule has 0 aromatic rings. The number of hydrogen-bond acceptors (Lipinski definition) is 4.